The molecular formula is C24H29N3O3S2. The molecule has 7 rings (SSSR count). The first kappa shape index (κ1) is 21.8. The van der Waals surface area contributed by atoms with E-state index >= 15 is 0 Å². The van der Waals surface area contributed by atoms with Gasteiger partial charge in [0.15, 0.2) is 0 Å². The number of fused-ring (bicyclic) bond motifs is 3. The highest BCUT2D eigenvalue weighted by Gasteiger charge is 2.37. The normalized spacial score (nSPS) is 23.9. The van der Waals surface area contributed by atoms with Crippen LogP contribution in [0.2, 0.25) is 0 Å². The van der Waals surface area contributed by atoms with Crippen molar-refractivity contribution in [2.45, 2.75) is 70.1 Å². The van der Waals surface area contributed by atoms with E-state index in [4.69, 9.17) is 10.1 Å². The summed E-state index contributed by atoms with van der Waals surface area (Å²) >= 11 is 3.50. The summed E-state index contributed by atoms with van der Waals surface area (Å²) in [7, 11) is 2.02. The molecule has 0 unspecified atom stereocenters. The Hall–Kier alpha value is -2.06. The van der Waals surface area contributed by atoms with Crippen LogP contribution >= 0.6 is 22.9 Å². The summed E-state index contributed by atoms with van der Waals surface area (Å²) < 4.78 is 4.57. The van der Waals surface area contributed by atoms with Crippen LogP contribution in [0.1, 0.15) is 73.5 Å². The van der Waals surface area contributed by atoms with Crippen LogP contribution in [0.4, 0.5) is 5.00 Å². The molecule has 6 nitrogen and oxygen atoms in total. The van der Waals surface area contributed by atoms with Gasteiger partial charge in [-0.1, -0.05) is 0 Å². The van der Waals surface area contributed by atoms with Gasteiger partial charge in [-0.2, -0.15) is 4.37 Å². The maximum atomic E-state index is 10.9. The number of anilines is 1. The average molecular weight is 472 g/mol. The summed E-state index contributed by atoms with van der Waals surface area (Å²) in [5, 5.41) is 14.7. The van der Waals surface area contributed by atoms with E-state index in [9.17, 15) is 9.59 Å². The fourth-order valence-corrected chi connectivity index (χ4v) is 7.55. The monoisotopic (exact) mass is 471 g/mol. The Morgan fingerprint density at radius 1 is 1.06 bits per heavy atom. The molecule has 170 valence electrons. The van der Waals surface area contributed by atoms with Crippen LogP contribution in [-0.4, -0.2) is 33.8 Å². The lowest BCUT2D eigenvalue weighted by Gasteiger charge is -2.36. The fourth-order valence-electron chi connectivity index (χ4n) is 5.42. The molecule has 0 spiro atoms. The Morgan fingerprint density at radius 3 is 2.38 bits per heavy atom. The molecule has 0 saturated heterocycles. The van der Waals surface area contributed by atoms with Crippen molar-refractivity contribution in [3.8, 4) is 10.6 Å². The third kappa shape index (κ3) is 4.03. The number of nitrogens with one attached hydrogen (secondary N) is 1. The van der Waals surface area contributed by atoms with Gasteiger partial charge in [0.2, 0.25) is 0 Å². The number of aromatic nitrogens is 2. The number of hydrogen-bond donors (Lipinski definition) is 2. The standard InChI is InChI=1S/C14H17N3S2.C10H12O3/c1-15-13-11(9-4-2-3-5-10(9)18-13)14-16-12(17-19-14)8-6-7-8;11-5-8-6-1-3-7(4-2-6)9(8)10(12)13/h8,15H,2-7H2,1H3;5-7H,1-4H2,(H,12,13). The molecule has 32 heavy (non-hydrogen) atoms. The Kier molecular flexibility index (Phi) is 6.16. The summed E-state index contributed by atoms with van der Waals surface area (Å²) in [5.41, 5.74) is 3.86. The fraction of sp³-hybridized carbons (Fsp3) is 0.583. The number of aldehydes is 1. The van der Waals surface area contributed by atoms with Gasteiger partial charge in [0.25, 0.3) is 0 Å². The second-order valence-corrected chi connectivity index (χ2v) is 11.1. The number of aliphatic carboxylic acids is 1. The van der Waals surface area contributed by atoms with Gasteiger partial charge in [0, 0.05) is 34.6 Å². The number of carboxylic acid groups (broad SMARTS) is 1. The van der Waals surface area contributed by atoms with Crippen molar-refractivity contribution in [3.63, 3.8) is 0 Å². The summed E-state index contributed by atoms with van der Waals surface area (Å²) in [6, 6.07) is 0. The number of rotatable bonds is 5. The van der Waals surface area contributed by atoms with Crippen molar-refractivity contribution in [1.29, 1.82) is 0 Å². The zero-order chi connectivity index (χ0) is 22.2. The first-order valence-corrected chi connectivity index (χ1v) is 13.3. The molecule has 2 aromatic rings. The molecule has 2 aromatic heterocycles. The quantitative estimate of drug-likeness (QED) is 0.563. The SMILES string of the molecule is CNc1sc2c(c1-c1nc(C3CC3)ns1)CCCC2.O=CC1=C(C(=O)O)C2CCC1CC2. The zero-order valence-corrected chi connectivity index (χ0v) is 20.0. The Bertz CT molecular complexity index is 1060. The lowest BCUT2D eigenvalue weighted by Crippen LogP contribution is -2.30. The van der Waals surface area contributed by atoms with E-state index in [1.807, 2.05) is 18.4 Å². The lowest BCUT2D eigenvalue weighted by molar-refractivity contribution is -0.134. The topological polar surface area (TPSA) is 92.2 Å². The predicted molar refractivity (Wildman–Crippen MR) is 128 cm³/mol. The largest absolute Gasteiger partial charge is 0.478 e. The zero-order valence-electron chi connectivity index (χ0n) is 18.4. The van der Waals surface area contributed by atoms with Crippen molar-refractivity contribution in [3.05, 3.63) is 27.4 Å². The molecule has 2 saturated carbocycles. The second-order valence-electron chi connectivity index (χ2n) is 9.24. The highest BCUT2D eigenvalue weighted by atomic mass is 32.1. The van der Waals surface area contributed by atoms with Gasteiger partial charge in [0.05, 0.1) is 5.00 Å². The first-order valence-electron chi connectivity index (χ1n) is 11.7. The molecule has 2 bridgehead atoms. The minimum absolute atomic E-state index is 0.141. The Balaban J connectivity index is 0.000000146. The maximum absolute atomic E-state index is 10.9. The van der Waals surface area contributed by atoms with Crippen molar-refractivity contribution in [2.75, 3.05) is 12.4 Å². The van der Waals surface area contributed by atoms with E-state index in [1.54, 1.807) is 22.0 Å². The smallest absolute Gasteiger partial charge is 0.332 e. The third-order valence-corrected chi connectivity index (χ3v) is 9.30. The molecule has 5 aliphatic rings. The van der Waals surface area contributed by atoms with E-state index in [-0.39, 0.29) is 11.8 Å². The van der Waals surface area contributed by atoms with Crippen LogP contribution in [0.25, 0.3) is 10.6 Å². The van der Waals surface area contributed by atoms with Crippen LogP contribution in [0.3, 0.4) is 0 Å². The van der Waals surface area contributed by atoms with Gasteiger partial charge in [-0.05, 0) is 93.1 Å². The summed E-state index contributed by atoms with van der Waals surface area (Å²) in [4.78, 5) is 28.0. The van der Waals surface area contributed by atoms with Crippen molar-refractivity contribution in [2.24, 2.45) is 11.8 Å². The van der Waals surface area contributed by atoms with Gasteiger partial charge in [-0.3, -0.25) is 4.79 Å². The number of aryl methyl sites for hydroxylation is 1. The molecule has 2 heterocycles. The molecule has 2 N–H and O–H groups in total. The van der Waals surface area contributed by atoms with Crippen molar-refractivity contribution >= 4 is 40.1 Å². The highest BCUT2D eigenvalue weighted by Crippen LogP contribution is 2.46. The van der Waals surface area contributed by atoms with Crippen molar-refractivity contribution in [1.82, 2.24) is 9.36 Å². The van der Waals surface area contributed by atoms with E-state index in [1.165, 1.54) is 49.1 Å². The predicted octanol–water partition coefficient (Wildman–Crippen LogP) is 5.45. The van der Waals surface area contributed by atoms with Gasteiger partial charge >= 0.3 is 5.97 Å². The molecule has 5 aliphatic carbocycles. The van der Waals surface area contributed by atoms with E-state index < -0.39 is 5.97 Å². The van der Waals surface area contributed by atoms with Gasteiger partial charge in [-0.15, -0.1) is 11.3 Å². The van der Waals surface area contributed by atoms with E-state index in [2.05, 4.69) is 9.69 Å². The Morgan fingerprint density at radius 2 is 1.75 bits per heavy atom. The van der Waals surface area contributed by atoms with Gasteiger partial charge < -0.3 is 10.4 Å². The summed E-state index contributed by atoms with van der Waals surface area (Å²) in [6.45, 7) is 0. The summed E-state index contributed by atoms with van der Waals surface area (Å²) in [5.74, 6) is 1.21. The molecule has 0 aliphatic heterocycles. The molecular weight excluding hydrogens is 442 g/mol. The van der Waals surface area contributed by atoms with Gasteiger partial charge in [0.1, 0.15) is 17.1 Å². The number of thiophene rings is 1. The molecule has 2 fully saturated rings. The molecule has 0 radical (unpaired) electrons. The van der Waals surface area contributed by atoms with Crippen LogP contribution in [0.5, 0.6) is 0 Å². The minimum atomic E-state index is -0.892. The van der Waals surface area contributed by atoms with E-state index in [0.717, 1.165) is 42.8 Å². The number of nitrogens with zero attached hydrogens (tertiary/aromatic N) is 2. The minimum Gasteiger partial charge on any atom is -0.478 e. The lowest BCUT2D eigenvalue weighted by atomic mass is 9.67. The Labute approximate surface area is 196 Å². The van der Waals surface area contributed by atoms with Gasteiger partial charge in [-0.25, -0.2) is 9.78 Å². The second kappa shape index (κ2) is 9.06. The number of hydrogen-bond acceptors (Lipinski definition) is 7. The number of carboxylic acids is 1. The van der Waals surface area contributed by atoms with Crippen LogP contribution in [0, 0.1) is 11.8 Å². The number of carbonyl (C=O) groups excluding carboxylic acids is 1. The first-order chi connectivity index (χ1) is 15.6. The van der Waals surface area contributed by atoms with E-state index in [0.29, 0.717) is 17.1 Å². The van der Waals surface area contributed by atoms with Crippen molar-refractivity contribution < 1.29 is 14.7 Å². The molecule has 0 aromatic carbocycles. The molecule has 0 amide bonds. The average Bonchev–Trinajstić information content (AvgIpc) is 3.44. The van der Waals surface area contributed by atoms with Crippen LogP contribution in [-0.2, 0) is 22.4 Å². The van der Waals surface area contributed by atoms with Crippen LogP contribution in [0.15, 0.2) is 11.1 Å². The molecule has 8 heteroatoms. The summed E-state index contributed by atoms with van der Waals surface area (Å²) in [6.07, 6.45) is 12.3. The highest BCUT2D eigenvalue weighted by molar-refractivity contribution is 7.17. The molecule has 0 atom stereocenters. The third-order valence-electron chi connectivity index (χ3n) is 7.24. The number of carbonyl (C=O) groups is 2. The maximum Gasteiger partial charge on any atom is 0.332 e. The number of allylic oxidation sites excluding steroid dienone is 1. The van der Waals surface area contributed by atoms with Crippen LogP contribution < -0.4 is 5.32 Å².